The maximum absolute atomic E-state index is 14.6. The molecule has 0 bridgehead atoms. The summed E-state index contributed by atoms with van der Waals surface area (Å²) in [6.45, 7) is 6.21. The van der Waals surface area contributed by atoms with Crippen LogP contribution in [0.1, 0.15) is 25.1 Å². The number of carbonyl (C=O) groups is 1. The summed E-state index contributed by atoms with van der Waals surface area (Å²) in [6.07, 6.45) is 3.93. The second kappa shape index (κ2) is 10.2. The highest BCUT2D eigenvalue weighted by molar-refractivity contribution is 5.99. The molecule has 2 N–H and O–H groups in total. The van der Waals surface area contributed by atoms with E-state index in [0.29, 0.717) is 23.2 Å². The summed E-state index contributed by atoms with van der Waals surface area (Å²) in [5.74, 6) is 1.13. The predicted molar refractivity (Wildman–Crippen MR) is 130 cm³/mol. The lowest BCUT2D eigenvalue weighted by molar-refractivity contribution is 0.262. The van der Waals surface area contributed by atoms with Crippen molar-refractivity contribution in [1.29, 1.82) is 0 Å². The normalized spacial score (nSPS) is 10.9. The first kappa shape index (κ1) is 23.0. The molecule has 8 heteroatoms. The van der Waals surface area contributed by atoms with Gasteiger partial charge in [-0.05, 0) is 61.2 Å². The second-order valence-corrected chi connectivity index (χ2v) is 8.38. The third kappa shape index (κ3) is 5.78. The molecule has 0 atom stereocenters. The molecule has 0 fully saturated rings. The lowest BCUT2D eigenvalue weighted by Gasteiger charge is -2.12. The van der Waals surface area contributed by atoms with Crippen molar-refractivity contribution >= 4 is 17.5 Å². The molecule has 0 aliphatic heterocycles. The summed E-state index contributed by atoms with van der Waals surface area (Å²) in [7, 11) is 0. The molecule has 0 aliphatic carbocycles. The van der Waals surface area contributed by atoms with Gasteiger partial charge in [-0.3, -0.25) is 10.3 Å². The Kier molecular flexibility index (Phi) is 6.87. The van der Waals surface area contributed by atoms with Crippen LogP contribution in [0.4, 0.5) is 20.7 Å². The van der Waals surface area contributed by atoms with Crippen LogP contribution in [0.5, 0.6) is 11.5 Å². The minimum absolute atomic E-state index is 0.0311. The third-order valence-corrected chi connectivity index (χ3v) is 4.94. The van der Waals surface area contributed by atoms with Gasteiger partial charge < -0.3 is 10.1 Å². The average molecular weight is 460 g/mol. The van der Waals surface area contributed by atoms with E-state index in [0.717, 1.165) is 23.4 Å². The van der Waals surface area contributed by atoms with Crippen molar-refractivity contribution in [3.05, 3.63) is 90.1 Å². The first-order chi connectivity index (χ1) is 16.4. The van der Waals surface area contributed by atoms with Gasteiger partial charge in [0, 0.05) is 24.5 Å². The quantitative estimate of drug-likeness (QED) is 0.337. The van der Waals surface area contributed by atoms with E-state index in [4.69, 9.17) is 4.74 Å². The zero-order chi connectivity index (χ0) is 24.1. The van der Waals surface area contributed by atoms with Gasteiger partial charge in [0.2, 0.25) is 0 Å². The van der Waals surface area contributed by atoms with E-state index in [1.807, 2.05) is 37.3 Å². The van der Waals surface area contributed by atoms with Crippen molar-refractivity contribution in [3.8, 4) is 17.2 Å². The Hall–Kier alpha value is -4.20. The first-order valence-electron chi connectivity index (χ1n) is 11.0. The smallest absolute Gasteiger partial charge is 0.324 e. The van der Waals surface area contributed by atoms with Crippen LogP contribution in [0, 0.1) is 18.7 Å². The zero-order valence-electron chi connectivity index (χ0n) is 19.2. The maximum Gasteiger partial charge on any atom is 0.324 e. The van der Waals surface area contributed by atoms with E-state index in [1.165, 1.54) is 12.1 Å². The maximum atomic E-state index is 14.6. The highest BCUT2D eigenvalue weighted by Crippen LogP contribution is 2.26. The fraction of sp³-hybridized carbons (Fsp3) is 0.192. The van der Waals surface area contributed by atoms with Crippen molar-refractivity contribution in [2.24, 2.45) is 5.92 Å². The minimum atomic E-state index is -0.616. The van der Waals surface area contributed by atoms with Gasteiger partial charge in [0.25, 0.3) is 0 Å². The number of pyridine rings is 1. The van der Waals surface area contributed by atoms with Crippen LogP contribution >= 0.6 is 0 Å². The number of benzene rings is 2. The summed E-state index contributed by atoms with van der Waals surface area (Å²) in [6, 6.07) is 16.7. The topological polar surface area (TPSA) is 81.1 Å². The number of nitrogens with one attached hydrogen (secondary N) is 2. The van der Waals surface area contributed by atoms with Gasteiger partial charge in [-0.15, -0.1) is 0 Å². The molecule has 2 aromatic carbocycles. The largest absolute Gasteiger partial charge is 0.457 e. The van der Waals surface area contributed by atoms with Crippen LogP contribution < -0.4 is 15.4 Å². The highest BCUT2D eigenvalue weighted by Gasteiger charge is 2.15. The molecular formula is C26H26FN5O2. The van der Waals surface area contributed by atoms with Crippen LogP contribution in [0.2, 0.25) is 0 Å². The van der Waals surface area contributed by atoms with Crippen molar-refractivity contribution in [2.45, 2.75) is 27.2 Å². The Bertz CT molecular complexity index is 1290. The number of hydrogen-bond acceptors (Lipinski definition) is 4. The lowest BCUT2D eigenvalue weighted by Crippen LogP contribution is -2.22. The van der Waals surface area contributed by atoms with Crippen molar-refractivity contribution < 1.29 is 13.9 Å². The molecule has 2 heterocycles. The van der Waals surface area contributed by atoms with Gasteiger partial charge in [-0.25, -0.2) is 13.9 Å². The molecule has 0 aliphatic rings. The number of aromatic nitrogens is 3. The van der Waals surface area contributed by atoms with Gasteiger partial charge in [0.15, 0.2) is 0 Å². The van der Waals surface area contributed by atoms with Gasteiger partial charge >= 0.3 is 6.03 Å². The van der Waals surface area contributed by atoms with Crippen molar-refractivity contribution in [1.82, 2.24) is 14.8 Å². The molecule has 174 valence electrons. The summed E-state index contributed by atoms with van der Waals surface area (Å²) in [5, 5.41) is 10.0. The van der Waals surface area contributed by atoms with Gasteiger partial charge in [-0.2, -0.15) is 5.10 Å². The summed E-state index contributed by atoms with van der Waals surface area (Å²) >= 11 is 0. The number of ether oxygens (including phenoxy) is 1. The van der Waals surface area contributed by atoms with E-state index >= 15 is 0 Å². The third-order valence-electron chi connectivity index (χ3n) is 4.94. The van der Waals surface area contributed by atoms with E-state index in [9.17, 15) is 9.18 Å². The molecule has 7 nitrogen and oxygen atoms in total. The van der Waals surface area contributed by atoms with Crippen LogP contribution in [-0.2, 0) is 6.42 Å². The van der Waals surface area contributed by atoms with E-state index in [1.54, 1.807) is 35.3 Å². The van der Waals surface area contributed by atoms with E-state index < -0.39 is 11.8 Å². The molecule has 0 saturated carbocycles. The number of nitrogens with zero attached hydrogens (tertiary/aromatic N) is 3. The fourth-order valence-electron chi connectivity index (χ4n) is 3.47. The highest BCUT2D eigenvalue weighted by atomic mass is 19.1. The van der Waals surface area contributed by atoms with Gasteiger partial charge in [-0.1, -0.05) is 26.0 Å². The Morgan fingerprint density at radius 3 is 2.53 bits per heavy atom. The summed E-state index contributed by atoms with van der Waals surface area (Å²) in [4.78, 5) is 16.6. The predicted octanol–water partition coefficient (Wildman–Crippen LogP) is 6.35. The van der Waals surface area contributed by atoms with Crippen LogP contribution in [0.3, 0.4) is 0 Å². The fourth-order valence-corrected chi connectivity index (χ4v) is 3.47. The molecule has 2 aromatic heterocycles. The number of amides is 2. The SMILES string of the molecule is Cc1cccc(-n2nc(CC(C)C)cc2NC(=O)Nc2ccc(Oc3ccncc3)cc2F)c1. The Morgan fingerprint density at radius 1 is 1.03 bits per heavy atom. The Morgan fingerprint density at radius 2 is 1.82 bits per heavy atom. The lowest BCUT2D eigenvalue weighted by atomic mass is 10.1. The van der Waals surface area contributed by atoms with Crippen LogP contribution in [0.15, 0.2) is 73.1 Å². The Balaban J connectivity index is 1.50. The molecule has 34 heavy (non-hydrogen) atoms. The average Bonchev–Trinajstić information content (AvgIpc) is 3.17. The van der Waals surface area contributed by atoms with Crippen LogP contribution in [0.25, 0.3) is 5.69 Å². The van der Waals surface area contributed by atoms with Crippen molar-refractivity contribution in [3.63, 3.8) is 0 Å². The molecular weight excluding hydrogens is 433 g/mol. The molecule has 4 aromatic rings. The van der Waals surface area contributed by atoms with Gasteiger partial charge in [0.1, 0.15) is 23.1 Å². The molecule has 0 unspecified atom stereocenters. The number of urea groups is 1. The molecule has 0 radical (unpaired) electrons. The monoisotopic (exact) mass is 459 g/mol. The number of carbonyl (C=O) groups excluding carboxylic acids is 1. The summed E-state index contributed by atoms with van der Waals surface area (Å²) in [5.41, 5.74) is 2.79. The molecule has 0 spiro atoms. The van der Waals surface area contributed by atoms with E-state index in [-0.39, 0.29) is 5.69 Å². The van der Waals surface area contributed by atoms with Gasteiger partial charge in [0.05, 0.1) is 17.1 Å². The van der Waals surface area contributed by atoms with Crippen molar-refractivity contribution in [2.75, 3.05) is 10.6 Å². The molecule has 0 saturated heterocycles. The summed E-state index contributed by atoms with van der Waals surface area (Å²) < 4.78 is 21.9. The molecule has 2 amide bonds. The minimum Gasteiger partial charge on any atom is -0.457 e. The number of anilines is 2. The second-order valence-electron chi connectivity index (χ2n) is 8.38. The van der Waals surface area contributed by atoms with Crippen LogP contribution in [-0.4, -0.2) is 20.8 Å². The van der Waals surface area contributed by atoms with E-state index in [2.05, 4.69) is 34.6 Å². The number of rotatable bonds is 7. The molecule has 4 rings (SSSR count). The number of halogens is 1. The number of aryl methyl sites for hydroxylation is 1. The number of hydrogen-bond donors (Lipinski definition) is 2. The first-order valence-corrected chi connectivity index (χ1v) is 11.0. The zero-order valence-corrected chi connectivity index (χ0v) is 19.2. The Labute approximate surface area is 197 Å². The standard InChI is InChI=1S/C26H26FN5O2/c1-17(2)13-19-15-25(32(31-19)20-6-4-5-18(3)14-20)30-26(33)29-24-8-7-22(16-23(24)27)34-21-9-11-28-12-10-21/h4-12,14-17H,13H2,1-3H3,(H2,29,30,33).